The predicted octanol–water partition coefficient (Wildman–Crippen LogP) is 27.2. The van der Waals surface area contributed by atoms with Gasteiger partial charge >= 0.3 is 5.97 Å². The van der Waals surface area contributed by atoms with Gasteiger partial charge in [-0.15, -0.1) is 0 Å². The van der Waals surface area contributed by atoms with E-state index in [4.69, 9.17) is 4.74 Å². The van der Waals surface area contributed by atoms with Gasteiger partial charge in [-0.3, -0.25) is 9.59 Å². The molecule has 0 aliphatic rings. The van der Waals surface area contributed by atoms with E-state index in [-0.39, 0.29) is 18.5 Å². The molecule has 2 atom stereocenters. The summed E-state index contributed by atoms with van der Waals surface area (Å²) in [6.45, 7) is 5.00. The summed E-state index contributed by atoms with van der Waals surface area (Å²) in [5.41, 5.74) is 0. The lowest BCUT2D eigenvalue weighted by Crippen LogP contribution is -2.45. The van der Waals surface area contributed by atoms with Crippen LogP contribution in [0.3, 0.4) is 0 Å². The molecule has 0 saturated heterocycles. The highest BCUT2D eigenvalue weighted by molar-refractivity contribution is 5.76. The maximum atomic E-state index is 12.6. The maximum Gasteiger partial charge on any atom is 0.305 e. The summed E-state index contributed by atoms with van der Waals surface area (Å²) in [7, 11) is 0. The van der Waals surface area contributed by atoms with E-state index >= 15 is 0 Å². The molecule has 1 amide bonds. The van der Waals surface area contributed by atoms with E-state index in [1.54, 1.807) is 0 Å². The van der Waals surface area contributed by atoms with Crippen LogP contribution >= 0.6 is 0 Å². The van der Waals surface area contributed by atoms with Crippen LogP contribution in [0.5, 0.6) is 0 Å². The van der Waals surface area contributed by atoms with Crippen LogP contribution in [0.15, 0.2) is 24.3 Å². The normalized spacial score (nSPS) is 12.5. The summed E-state index contributed by atoms with van der Waals surface area (Å²) in [5, 5.41) is 23.5. The minimum absolute atomic E-state index is 0.0114. The van der Waals surface area contributed by atoms with Crippen LogP contribution in [0, 0.1) is 0 Å². The monoisotopic (exact) mass is 1250 g/mol. The summed E-state index contributed by atoms with van der Waals surface area (Å²) in [5.74, 6) is -0.0149. The van der Waals surface area contributed by atoms with Gasteiger partial charge in [0.1, 0.15) is 0 Å². The van der Waals surface area contributed by atoms with Crippen molar-refractivity contribution in [1.82, 2.24) is 5.32 Å². The summed E-state index contributed by atoms with van der Waals surface area (Å²) in [4.78, 5) is 24.7. The van der Waals surface area contributed by atoms with Gasteiger partial charge in [-0.2, -0.15) is 0 Å². The Hall–Kier alpha value is -1.66. The number of ether oxygens (including phenoxy) is 1. The molecule has 0 saturated carbocycles. The van der Waals surface area contributed by atoms with Gasteiger partial charge in [0.05, 0.1) is 25.4 Å². The molecule has 528 valence electrons. The van der Waals surface area contributed by atoms with Gasteiger partial charge in [-0.05, 0) is 77.0 Å². The Bertz CT molecular complexity index is 1400. The molecule has 0 fully saturated rings. The second-order valence-corrected chi connectivity index (χ2v) is 28.5. The molecule has 0 radical (unpaired) electrons. The number of hydrogen-bond donors (Lipinski definition) is 3. The number of aliphatic hydroxyl groups excluding tert-OH is 2. The van der Waals surface area contributed by atoms with E-state index in [0.29, 0.717) is 25.9 Å². The lowest BCUT2D eigenvalue weighted by Gasteiger charge is -2.22. The fourth-order valence-electron chi connectivity index (χ4n) is 13.2. The molecule has 0 aromatic heterocycles. The second-order valence-electron chi connectivity index (χ2n) is 28.5. The first-order valence-electron chi connectivity index (χ1n) is 41.1. The van der Waals surface area contributed by atoms with Gasteiger partial charge in [-0.1, -0.05) is 404 Å². The number of carbonyl (C=O) groups is 2. The van der Waals surface area contributed by atoms with Gasteiger partial charge in [0, 0.05) is 12.8 Å². The molecular formula is C83H161NO5. The molecule has 0 heterocycles. The highest BCUT2D eigenvalue weighted by Gasteiger charge is 2.20. The van der Waals surface area contributed by atoms with Gasteiger partial charge in [0.15, 0.2) is 0 Å². The van der Waals surface area contributed by atoms with Crippen LogP contribution in [0.25, 0.3) is 0 Å². The molecule has 89 heavy (non-hydrogen) atoms. The fourth-order valence-corrected chi connectivity index (χ4v) is 13.2. The quantitative estimate of drug-likeness (QED) is 0.0320. The average molecular weight is 1250 g/mol. The molecule has 0 aliphatic heterocycles. The highest BCUT2D eigenvalue weighted by Crippen LogP contribution is 2.20. The summed E-state index contributed by atoms with van der Waals surface area (Å²) < 4.78 is 5.50. The van der Waals surface area contributed by atoms with E-state index in [2.05, 4.69) is 43.5 Å². The Labute approximate surface area is 558 Å². The standard InChI is InChI=1S/C83H161NO5/c1-3-5-7-9-11-13-15-17-19-20-21-22-23-32-35-38-41-44-48-51-55-59-63-67-71-75-81(86)80(79-85)84-82(87)76-72-68-64-60-56-52-49-45-42-39-36-33-30-28-26-24-25-27-29-31-34-37-40-43-46-50-54-58-62-66-70-74-78-89-83(88)77-73-69-65-61-57-53-47-18-16-14-12-10-8-6-4-2/h18,27,29,47,80-81,85-86H,3-17,19-26,28,30-46,48-79H2,1-2H3,(H,84,87)/b29-27-,47-18-. The number of unbranched alkanes of at least 4 members (excludes halogenated alkanes) is 63. The number of amides is 1. The Kier molecular flexibility index (Phi) is 77.3. The Morgan fingerprint density at radius 1 is 0.303 bits per heavy atom. The summed E-state index contributed by atoms with van der Waals surface area (Å²) in [6, 6.07) is -0.541. The van der Waals surface area contributed by atoms with Crippen LogP contribution < -0.4 is 5.32 Å². The molecule has 3 N–H and O–H groups in total. The molecule has 0 aliphatic carbocycles. The third-order valence-electron chi connectivity index (χ3n) is 19.5. The van der Waals surface area contributed by atoms with Gasteiger partial charge in [0.25, 0.3) is 0 Å². The topological polar surface area (TPSA) is 95.9 Å². The van der Waals surface area contributed by atoms with E-state index in [1.165, 1.54) is 392 Å². The first kappa shape index (κ1) is 87.3. The third-order valence-corrected chi connectivity index (χ3v) is 19.5. The zero-order valence-corrected chi connectivity index (χ0v) is 60.7. The zero-order valence-electron chi connectivity index (χ0n) is 60.7. The van der Waals surface area contributed by atoms with Crippen molar-refractivity contribution >= 4 is 11.9 Å². The Morgan fingerprint density at radius 3 is 0.798 bits per heavy atom. The van der Waals surface area contributed by atoms with E-state index in [0.717, 1.165) is 44.9 Å². The van der Waals surface area contributed by atoms with Crippen molar-refractivity contribution in [2.24, 2.45) is 0 Å². The van der Waals surface area contributed by atoms with Crippen LogP contribution in [0.2, 0.25) is 0 Å². The molecule has 6 nitrogen and oxygen atoms in total. The Morgan fingerprint density at radius 2 is 0.528 bits per heavy atom. The molecule has 2 unspecified atom stereocenters. The van der Waals surface area contributed by atoms with E-state index in [1.807, 2.05) is 0 Å². The number of aliphatic hydroxyl groups is 2. The van der Waals surface area contributed by atoms with Crippen molar-refractivity contribution in [3.63, 3.8) is 0 Å². The molecular weight excluding hydrogens is 1090 g/mol. The molecule has 0 rings (SSSR count). The van der Waals surface area contributed by atoms with E-state index < -0.39 is 12.1 Å². The first-order chi connectivity index (χ1) is 44.0. The lowest BCUT2D eigenvalue weighted by molar-refractivity contribution is -0.143. The lowest BCUT2D eigenvalue weighted by atomic mass is 10.0. The number of esters is 1. The first-order valence-corrected chi connectivity index (χ1v) is 41.1. The molecule has 0 aromatic carbocycles. The molecule has 0 spiro atoms. The maximum absolute atomic E-state index is 12.6. The van der Waals surface area contributed by atoms with E-state index in [9.17, 15) is 19.8 Å². The van der Waals surface area contributed by atoms with Crippen molar-refractivity contribution in [3.8, 4) is 0 Å². The van der Waals surface area contributed by atoms with Gasteiger partial charge < -0.3 is 20.3 Å². The van der Waals surface area contributed by atoms with Crippen molar-refractivity contribution in [2.45, 2.75) is 482 Å². The largest absolute Gasteiger partial charge is 0.466 e. The minimum Gasteiger partial charge on any atom is -0.466 e. The average Bonchev–Trinajstić information content (AvgIpc) is 3.57. The summed E-state index contributed by atoms with van der Waals surface area (Å²) >= 11 is 0. The van der Waals surface area contributed by atoms with Gasteiger partial charge in [-0.25, -0.2) is 0 Å². The zero-order chi connectivity index (χ0) is 64.2. The van der Waals surface area contributed by atoms with Crippen molar-refractivity contribution in [2.75, 3.05) is 13.2 Å². The highest BCUT2D eigenvalue weighted by atomic mass is 16.5. The minimum atomic E-state index is -0.664. The number of rotatable bonds is 78. The van der Waals surface area contributed by atoms with Crippen LogP contribution in [-0.2, 0) is 14.3 Å². The van der Waals surface area contributed by atoms with Crippen LogP contribution in [0.4, 0.5) is 0 Å². The molecule has 6 heteroatoms. The van der Waals surface area contributed by atoms with Crippen molar-refractivity contribution in [1.29, 1.82) is 0 Å². The van der Waals surface area contributed by atoms with Gasteiger partial charge in [0.2, 0.25) is 5.91 Å². The predicted molar refractivity (Wildman–Crippen MR) is 393 cm³/mol. The smallest absolute Gasteiger partial charge is 0.305 e. The van der Waals surface area contributed by atoms with Crippen molar-refractivity contribution in [3.05, 3.63) is 24.3 Å². The van der Waals surface area contributed by atoms with Crippen molar-refractivity contribution < 1.29 is 24.5 Å². The number of carbonyl (C=O) groups excluding carboxylic acids is 2. The molecule has 0 bridgehead atoms. The third kappa shape index (κ3) is 75.3. The number of nitrogens with one attached hydrogen (secondary N) is 1. The fraction of sp³-hybridized carbons (Fsp3) is 0.928. The van der Waals surface area contributed by atoms with Crippen LogP contribution in [-0.4, -0.2) is 47.4 Å². The number of hydrogen-bond acceptors (Lipinski definition) is 5. The SMILES string of the molecule is CCCCCCCC/C=C\CCCCCCCC(=O)OCCCCCCCCCCCCCC/C=C\CCCCCCCCCCCCCCCCCCC(=O)NC(CO)C(O)CCCCCCCCCCCCCCCCCCCCCCCCCCC. The Balaban J connectivity index is 3.36. The number of allylic oxidation sites excluding steroid dienone is 4. The second kappa shape index (κ2) is 78.8. The molecule has 0 aromatic rings. The summed E-state index contributed by atoms with van der Waals surface area (Å²) in [6.07, 6.45) is 101. The van der Waals surface area contributed by atoms with Crippen LogP contribution in [0.1, 0.15) is 470 Å².